The van der Waals surface area contributed by atoms with Crippen molar-refractivity contribution in [3.05, 3.63) is 53.7 Å². The van der Waals surface area contributed by atoms with Crippen molar-refractivity contribution in [1.82, 2.24) is 0 Å². The van der Waals surface area contributed by atoms with E-state index >= 15 is 0 Å². The number of sulfonamides is 1. The van der Waals surface area contributed by atoms with Gasteiger partial charge in [-0.15, -0.1) is 11.3 Å². The molecule has 0 bridgehead atoms. The number of benzene rings is 2. The van der Waals surface area contributed by atoms with Crippen LogP contribution < -0.4 is 10.5 Å². The van der Waals surface area contributed by atoms with Crippen LogP contribution in [0.5, 0.6) is 0 Å². The van der Waals surface area contributed by atoms with Crippen molar-refractivity contribution in [2.45, 2.75) is 4.90 Å². The molecule has 7 heteroatoms. The Kier molecular flexibility index (Phi) is 3.30. The van der Waals surface area contributed by atoms with Gasteiger partial charge >= 0.3 is 0 Å². The average Bonchev–Trinajstić information content (AvgIpc) is 2.88. The van der Waals surface area contributed by atoms with Crippen LogP contribution in [-0.4, -0.2) is 8.42 Å². The molecule has 4 nitrogen and oxygen atoms in total. The highest BCUT2D eigenvalue weighted by Crippen LogP contribution is 2.26. The predicted molar refractivity (Wildman–Crippen MR) is 83.4 cm³/mol. The van der Waals surface area contributed by atoms with E-state index in [4.69, 9.17) is 5.73 Å². The first-order valence-electron chi connectivity index (χ1n) is 6.01. The molecule has 0 saturated carbocycles. The van der Waals surface area contributed by atoms with Crippen LogP contribution in [0.15, 0.2) is 52.7 Å². The molecule has 0 radical (unpaired) electrons. The quantitative estimate of drug-likeness (QED) is 0.726. The minimum Gasteiger partial charge on any atom is -0.396 e. The number of nitrogens with two attached hydrogens (primary N) is 1. The fraction of sp³-hybridized carbons (Fsp3) is 0. The smallest absolute Gasteiger partial charge is 0.261 e. The molecule has 0 aliphatic heterocycles. The molecule has 3 N–H and O–H groups in total. The number of nitrogens with one attached hydrogen (secondary N) is 1. The Bertz CT molecular complexity index is 920. The molecule has 0 saturated heterocycles. The molecule has 3 aromatic rings. The molecule has 1 aromatic heterocycles. The largest absolute Gasteiger partial charge is 0.396 e. The highest BCUT2D eigenvalue weighted by atomic mass is 32.2. The van der Waals surface area contributed by atoms with Gasteiger partial charge in [-0.1, -0.05) is 0 Å². The summed E-state index contributed by atoms with van der Waals surface area (Å²) in [6.07, 6.45) is 0. The van der Waals surface area contributed by atoms with E-state index in [2.05, 4.69) is 4.72 Å². The first kappa shape index (κ1) is 13.8. The van der Waals surface area contributed by atoms with Gasteiger partial charge in [-0.25, -0.2) is 12.8 Å². The first-order valence-corrected chi connectivity index (χ1v) is 8.37. The average molecular weight is 322 g/mol. The summed E-state index contributed by atoms with van der Waals surface area (Å²) in [5.41, 5.74) is 5.65. The van der Waals surface area contributed by atoms with Crippen molar-refractivity contribution >= 4 is 42.8 Å². The number of halogens is 1. The van der Waals surface area contributed by atoms with Crippen molar-refractivity contribution in [2.75, 3.05) is 10.5 Å². The van der Waals surface area contributed by atoms with E-state index < -0.39 is 15.8 Å². The second kappa shape index (κ2) is 5.01. The van der Waals surface area contributed by atoms with Crippen LogP contribution >= 0.6 is 11.3 Å². The number of hydrogen-bond donors (Lipinski definition) is 2. The summed E-state index contributed by atoms with van der Waals surface area (Å²) in [6.45, 7) is 0. The van der Waals surface area contributed by atoms with E-state index in [1.54, 1.807) is 23.5 Å². The third kappa shape index (κ3) is 2.70. The molecule has 0 amide bonds. The van der Waals surface area contributed by atoms with Crippen LogP contribution in [0.4, 0.5) is 15.8 Å². The Morgan fingerprint density at radius 3 is 2.67 bits per heavy atom. The fourth-order valence-electron chi connectivity index (χ4n) is 1.93. The van der Waals surface area contributed by atoms with E-state index in [-0.39, 0.29) is 10.6 Å². The fourth-order valence-corrected chi connectivity index (χ4v) is 3.79. The van der Waals surface area contributed by atoms with E-state index in [1.807, 2.05) is 17.5 Å². The Morgan fingerprint density at radius 1 is 1.10 bits per heavy atom. The summed E-state index contributed by atoms with van der Waals surface area (Å²) in [5, 5.41) is 2.89. The van der Waals surface area contributed by atoms with Crippen molar-refractivity contribution in [2.24, 2.45) is 0 Å². The van der Waals surface area contributed by atoms with Gasteiger partial charge in [-0.2, -0.15) is 0 Å². The maximum absolute atomic E-state index is 13.1. The van der Waals surface area contributed by atoms with Crippen LogP contribution in [0.2, 0.25) is 0 Å². The second-order valence-electron chi connectivity index (χ2n) is 4.46. The van der Waals surface area contributed by atoms with E-state index in [9.17, 15) is 12.8 Å². The lowest BCUT2D eigenvalue weighted by molar-refractivity contribution is 0.600. The van der Waals surface area contributed by atoms with Crippen LogP contribution in [-0.2, 0) is 10.0 Å². The van der Waals surface area contributed by atoms with Gasteiger partial charge in [-0.3, -0.25) is 4.72 Å². The molecule has 0 fully saturated rings. The van der Waals surface area contributed by atoms with Gasteiger partial charge in [0.25, 0.3) is 10.0 Å². The van der Waals surface area contributed by atoms with Crippen LogP contribution in [0.25, 0.3) is 10.1 Å². The van der Waals surface area contributed by atoms with Gasteiger partial charge < -0.3 is 5.73 Å². The topological polar surface area (TPSA) is 72.2 Å². The predicted octanol–water partition coefficient (Wildman–Crippen LogP) is 3.42. The molecule has 0 aliphatic rings. The summed E-state index contributed by atoms with van der Waals surface area (Å²) < 4.78 is 41.2. The molecule has 2 aromatic carbocycles. The SMILES string of the molecule is Nc1cc(S(=O)(=O)Nc2ccc3sccc3c2)ccc1F. The number of rotatable bonds is 3. The molecule has 0 unspecified atom stereocenters. The zero-order valence-electron chi connectivity index (χ0n) is 10.7. The molecule has 108 valence electrons. The first-order chi connectivity index (χ1) is 9.95. The Labute approximate surface area is 125 Å². The van der Waals surface area contributed by atoms with Crippen molar-refractivity contribution in [3.63, 3.8) is 0 Å². The number of thiophene rings is 1. The molecular weight excluding hydrogens is 311 g/mol. The normalized spacial score (nSPS) is 11.7. The zero-order chi connectivity index (χ0) is 15.0. The van der Waals surface area contributed by atoms with E-state index in [1.165, 1.54) is 6.07 Å². The molecule has 0 atom stereocenters. The van der Waals surface area contributed by atoms with Crippen LogP contribution in [0, 0.1) is 5.82 Å². The Morgan fingerprint density at radius 2 is 1.90 bits per heavy atom. The summed E-state index contributed by atoms with van der Waals surface area (Å²) in [5.74, 6) is -0.645. The maximum atomic E-state index is 13.1. The van der Waals surface area contributed by atoms with Crippen molar-refractivity contribution in [1.29, 1.82) is 0 Å². The maximum Gasteiger partial charge on any atom is 0.261 e. The Hall–Kier alpha value is -2.12. The van der Waals surface area contributed by atoms with Gasteiger partial charge in [0.15, 0.2) is 0 Å². The lowest BCUT2D eigenvalue weighted by atomic mass is 10.2. The number of nitrogen functional groups attached to an aromatic ring is 1. The number of fused-ring (bicyclic) bond motifs is 1. The summed E-state index contributed by atoms with van der Waals surface area (Å²) >= 11 is 1.58. The van der Waals surface area contributed by atoms with Gasteiger partial charge in [0.1, 0.15) is 5.82 Å². The summed E-state index contributed by atoms with van der Waals surface area (Å²) in [7, 11) is -3.80. The second-order valence-corrected chi connectivity index (χ2v) is 7.09. The highest BCUT2D eigenvalue weighted by molar-refractivity contribution is 7.92. The van der Waals surface area contributed by atoms with Crippen LogP contribution in [0.1, 0.15) is 0 Å². The third-order valence-electron chi connectivity index (χ3n) is 2.98. The van der Waals surface area contributed by atoms with E-state index in [0.717, 1.165) is 22.2 Å². The molecule has 3 rings (SSSR count). The monoisotopic (exact) mass is 322 g/mol. The lowest BCUT2D eigenvalue weighted by Crippen LogP contribution is -2.13. The zero-order valence-corrected chi connectivity index (χ0v) is 12.3. The van der Waals surface area contributed by atoms with Crippen molar-refractivity contribution in [3.8, 4) is 0 Å². The Balaban J connectivity index is 1.96. The summed E-state index contributed by atoms with van der Waals surface area (Å²) in [6, 6.07) is 10.5. The van der Waals surface area contributed by atoms with Crippen molar-refractivity contribution < 1.29 is 12.8 Å². The number of anilines is 2. The highest BCUT2D eigenvalue weighted by Gasteiger charge is 2.16. The molecule has 1 heterocycles. The summed E-state index contributed by atoms with van der Waals surface area (Å²) in [4.78, 5) is -0.0770. The molecule has 0 spiro atoms. The minimum absolute atomic E-state index is 0.0770. The number of hydrogen-bond acceptors (Lipinski definition) is 4. The molecular formula is C14H11FN2O2S2. The molecule has 0 aliphatic carbocycles. The van der Waals surface area contributed by atoms with Gasteiger partial charge in [-0.05, 0) is 53.2 Å². The minimum atomic E-state index is -3.80. The van der Waals surface area contributed by atoms with Gasteiger partial charge in [0.2, 0.25) is 0 Å². The van der Waals surface area contributed by atoms with Gasteiger partial charge in [0, 0.05) is 10.4 Å². The van der Waals surface area contributed by atoms with Gasteiger partial charge in [0.05, 0.1) is 10.6 Å². The third-order valence-corrected chi connectivity index (χ3v) is 5.26. The standard InChI is InChI=1S/C14H11FN2O2S2/c15-12-3-2-11(8-13(12)16)21(18,19)17-10-1-4-14-9(7-10)5-6-20-14/h1-8,17H,16H2. The lowest BCUT2D eigenvalue weighted by Gasteiger charge is -2.09. The van der Waals surface area contributed by atoms with E-state index in [0.29, 0.717) is 5.69 Å². The van der Waals surface area contributed by atoms with Crippen LogP contribution in [0.3, 0.4) is 0 Å². The molecule has 21 heavy (non-hydrogen) atoms.